The Bertz CT molecular complexity index is 686. The van der Waals surface area contributed by atoms with E-state index >= 15 is 0 Å². The van der Waals surface area contributed by atoms with E-state index in [1.807, 2.05) is 6.92 Å². The number of aromatic hydroxyl groups is 1. The molecule has 5 N–H and O–H groups in total. The third kappa shape index (κ3) is 4.91. The van der Waals surface area contributed by atoms with Gasteiger partial charge in [-0.15, -0.1) is 0 Å². The van der Waals surface area contributed by atoms with Gasteiger partial charge >= 0.3 is 13.1 Å². The SMILES string of the molecule is CCC(CO)C(=O)N1CC(Oc2ccc(CCB(O)O)c(O)c2C(=O)O)C1. The van der Waals surface area contributed by atoms with Crippen molar-refractivity contribution in [3.8, 4) is 11.5 Å². The fraction of sp³-hybridized carbons (Fsp3) is 0.529. The summed E-state index contributed by atoms with van der Waals surface area (Å²) in [5, 5.41) is 46.7. The van der Waals surface area contributed by atoms with Crippen LogP contribution >= 0.6 is 0 Å². The van der Waals surface area contributed by atoms with E-state index in [-0.39, 0.29) is 49.7 Å². The average molecular weight is 381 g/mol. The second-order valence-corrected chi connectivity index (χ2v) is 6.54. The molecule has 1 unspecified atom stereocenters. The maximum Gasteiger partial charge on any atom is 0.451 e. The Hall–Kier alpha value is -2.30. The molecule has 1 amide bonds. The molecule has 10 heteroatoms. The van der Waals surface area contributed by atoms with Crippen LogP contribution in [0, 0.1) is 5.92 Å². The number of nitrogens with zero attached hydrogens (tertiary/aromatic N) is 1. The Labute approximate surface area is 157 Å². The standard InChI is InChI=1S/C17H24BNO8/c1-2-10(9-20)16(22)19-7-12(8-19)27-13-4-3-11(5-6-18(25)26)15(21)14(13)17(23)24/h3-4,10,12,20-21,25-26H,2,5-9H2,1H3,(H,23,24). The molecule has 0 aromatic heterocycles. The Morgan fingerprint density at radius 1 is 1.33 bits per heavy atom. The van der Waals surface area contributed by atoms with Gasteiger partial charge in [-0.3, -0.25) is 4.79 Å². The van der Waals surface area contributed by atoms with Crippen LogP contribution < -0.4 is 4.74 Å². The number of aliphatic hydroxyl groups excluding tert-OH is 1. The summed E-state index contributed by atoms with van der Waals surface area (Å²) < 4.78 is 5.64. The lowest BCUT2D eigenvalue weighted by atomic mass is 9.82. The monoisotopic (exact) mass is 381 g/mol. The van der Waals surface area contributed by atoms with Crippen LogP contribution in [-0.2, 0) is 11.2 Å². The topological polar surface area (TPSA) is 148 Å². The van der Waals surface area contributed by atoms with Gasteiger partial charge in [0.15, 0.2) is 0 Å². The second kappa shape index (κ2) is 9.07. The Morgan fingerprint density at radius 3 is 2.52 bits per heavy atom. The van der Waals surface area contributed by atoms with Gasteiger partial charge in [-0.1, -0.05) is 13.0 Å². The molecule has 0 radical (unpaired) electrons. The number of phenols is 1. The zero-order valence-electron chi connectivity index (χ0n) is 15.0. The molecule has 1 atom stereocenters. The minimum atomic E-state index is -1.56. The molecular weight excluding hydrogens is 357 g/mol. The zero-order chi connectivity index (χ0) is 20.1. The summed E-state index contributed by atoms with van der Waals surface area (Å²) >= 11 is 0. The van der Waals surface area contributed by atoms with Gasteiger partial charge in [-0.25, -0.2) is 4.79 Å². The van der Waals surface area contributed by atoms with Crippen LogP contribution in [0.2, 0.25) is 6.32 Å². The number of aryl methyl sites for hydroxylation is 1. The molecule has 1 aliphatic rings. The first-order valence-electron chi connectivity index (χ1n) is 8.79. The van der Waals surface area contributed by atoms with Gasteiger partial charge in [0, 0.05) is 0 Å². The first-order chi connectivity index (χ1) is 12.8. The molecular formula is C17H24BNO8. The number of aromatic carboxylic acids is 1. The van der Waals surface area contributed by atoms with Gasteiger partial charge in [0.05, 0.1) is 25.6 Å². The highest BCUT2D eigenvalue weighted by Gasteiger charge is 2.36. The highest BCUT2D eigenvalue weighted by molar-refractivity contribution is 6.41. The van der Waals surface area contributed by atoms with Crippen molar-refractivity contribution < 1.29 is 39.7 Å². The lowest BCUT2D eigenvalue weighted by Gasteiger charge is -2.40. The summed E-state index contributed by atoms with van der Waals surface area (Å²) in [7, 11) is -1.56. The van der Waals surface area contributed by atoms with Crippen molar-refractivity contribution in [2.75, 3.05) is 19.7 Å². The summed E-state index contributed by atoms with van der Waals surface area (Å²) in [5.74, 6) is -2.48. The molecule has 1 saturated heterocycles. The molecule has 0 aliphatic carbocycles. The highest BCUT2D eigenvalue weighted by atomic mass is 16.5. The molecule has 0 saturated carbocycles. The first kappa shape index (κ1) is 21.0. The largest absolute Gasteiger partial charge is 0.507 e. The van der Waals surface area contributed by atoms with Crippen LogP contribution in [0.4, 0.5) is 0 Å². The third-order valence-corrected chi connectivity index (χ3v) is 4.62. The molecule has 1 heterocycles. The number of hydrogen-bond donors (Lipinski definition) is 5. The Balaban J connectivity index is 2.06. The van der Waals surface area contributed by atoms with Crippen molar-refractivity contribution in [2.45, 2.75) is 32.2 Å². The second-order valence-electron chi connectivity index (χ2n) is 6.54. The van der Waals surface area contributed by atoms with Gasteiger partial charge in [0.25, 0.3) is 0 Å². The lowest BCUT2D eigenvalue weighted by molar-refractivity contribution is -0.145. The predicted molar refractivity (Wildman–Crippen MR) is 95.6 cm³/mol. The van der Waals surface area contributed by atoms with Gasteiger partial charge in [-0.2, -0.15) is 0 Å². The van der Waals surface area contributed by atoms with Crippen molar-refractivity contribution in [3.05, 3.63) is 23.3 Å². The van der Waals surface area contributed by atoms with Crippen molar-refractivity contribution in [2.24, 2.45) is 5.92 Å². The summed E-state index contributed by atoms with van der Waals surface area (Å²) in [5.41, 5.74) is -0.126. The number of likely N-dealkylation sites (tertiary alicyclic amines) is 1. The number of ether oxygens (including phenoxy) is 1. The fourth-order valence-corrected chi connectivity index (χ4v) is 2.92. The molecule has 2 rings (SSSR count). The lowest BCUT2D eigenvalue weighted by Crippen LogP contribution is -2.58. The van der Waals surface area contributed by atoms with Crippen LogP contribution in [0.25, 0.3) is 0 Å². The number of rotatable bonds is 9. The molecule has 1 aromatic carbocycles. The van der Waals surface area contributed by atoms with Crippen LogP contribution in [0.5, 0.6) is 11.5 Å². The maximum absolute atomic E-state index is 12.1. The normalized spacial score (nSPS) is 15.2. The average Bonchev–Trinajstić information content (AvgIpc) is 2.57. The number of carbonyl (C=O) groups is 2. The van der Waals surface area contributed by atoms with E-state index in [1.54, 1.807) is 0 Å². The van der Waals surface area contributed by atoms with Gasteiger partial charge < -0.3 is 35.0 Å². The van der Waals surface area contributed by atoms with Gasteiger partial charge in [0.2, 0.25) is 5.91 Å². The van der Waals surface area contributed by atoms with Crippen molar-refractivity contribution in [1.29, 1.82) is 0 Å². The predicted octanol–water partition coefficient (Wildman–Crippen LogP) is -0.286. The molecule has 148 valence electrons. The number of carboxylic acids is 1. The number of benzene rings is 1. The molecule has 0 spiro atoms. The quantitative estimate of drug-likeness (QED) is 0.367. The third-order valence-electron chi connectivity index (χ3n) is 4.62. The highest BCUT2D eigenvalue weighted by Crippen LogP contribution is 2.34. The summed E-state index contributed by atoms with van der Waals surface area (Å²) in [6.07, 6.45) is 0.164. The van der Waals surface area contributed by atoms with Gasteiger partial charge in [-0.05, 0) is 30.8 Å². The van der Waals surface area contributed by atoms with Crippen LogP contribution in [0.1, 0.15) is 29.3 Å². The first-order valence-corrected chi connectivity index (χ1v) is 8.79. The van der Waals surface area contributed by atoms with E-state index in [0.29, 0.717) is 6.42 Å². The summed E-state index contributed by atoms with van der Waals surface area (Å²) in [6, 6.07) is 2.88. The Morgan fingerprint density at radius 2 is 2.00 bits per heavy atom. The van der Waals surface area contributed by atoms with E-state index in [0.717, 1.165) is 0 Å². The minimum absolute atomic E-state index is 0.0143. The Kier molecular flexibility index (Phi) is 7.06. The number of carbonyl (C=O) groups excluding carboxylic acids is 1. The summed E-state index contributed by atoms with van der Waals surface area (Å²) in [6.45, 7) is 2.13. The van der Waals surface area contributed by atoms with Crippen LogP contribution in [-0.4, -0.2) is 75.1 Å². The van der Waals surface area contributed by atoms with E-state index in [9.17, 15) is 24.9 Å². The van der Waals surface area contributed by atoms with E-state index < -0.39 is 36.4 Å². The van der Waals surface area contributed by atoms with Crippen LogP contribution in [0.15, 0.2) is 12.1 Å². The molecule has 9 nitrogen and oxygen atoms in total. The van der Waals surface area contributed by atoms with E-state index in [4.69, 9.17) is 14.8 Å². The van der Waals surface area contributed by atoms with E-state index in [1.165, 1.54) is 17.0 Å². The van der Waals surface area contributed by atoms with E-state index in [2.05, 4.69) is 0 Å². The zero-order valence-corrected chi connectivity index (χ0v) is 15.0. The fourth-order valence-electron chi connectivity index (χ4n) is 2.92. The number of amides is 1. The molecule has 1 aromatic rings. The molecule has 0 bridgehead atoms. The number of hydrogen-bond acceptors (Lipinski definition) is 7. The smallest absolute Gasteiger partial charge is 0.451 e. The number of carboxylic acid groups (broad SMARTS) is 1. The minimum Gasteiger partial charge on any atom is -0.507 e. The van der Waals surface area contributed by atoms with Crippen LogP contribution in [0.3, 0.4) is 0 Å². The molecule has 1 aliphatic heterocycles. The number of aliphatic hydroxyl groups is 1. The molecule has 1 fully saturated rings. The van der Waals surface area contributed by atoms with Crippen molar-refractivity contribution in [3.63, 3.8) is 0 Å². The summed E-state index contributed by atoms with van der Waals surface area (Å²) in [4.78, 5) is 25.2. The molecule has 27 heavy (non-hydrogen) atoms. The van der Waals surface area contributed by atoms with Crippen molar-refractivity contribution in [1.82, 2.24) is 4.90 Å². The van der Waals surface area contributed by atoms with Crippen molar-refractivity contribution >= 4 is 19.0 Å². The maximum atomic E-state index is 12.1. The van der Waals surface area contributed by atoms with Gasteiger partial charge in [0.1, 0.15) is 23.2 Å².